The number of ether oxygens (including phenoxy) is 1. The highest BCUT2D eigenvalue weighted by molar-refractivity contribution is 5.97. The monoisotopic (exact) mass is 469 g/mol. The van der Waals surface area contributed by atoms with Crippen LogP contribution in [0.15, 0.2) is 72.8 Å². The van der Waals surface area contributed by atoms with Crippen LogP contribution in [0.4, 0.5) is 4.39 Å². The maximum absolute atomic E-state index is 13.7. The number of rotatable bonds is 4. The Labute approximate surface area is 201 Å². The summed E-state index contributed by atoms with van der Waals surface area (Å²) < 4.78 is 18.7. The number of amides is 2. The summed E-state index contributed by atoms with van der Waals surface area (Å²) in [5.74, 6) is 0.192. The van der Waals surface area contributed by atoms with Crippen LogP contribution in [0.25, 0.3) is 10.9 Å². The highest BCUT2D eigenvalue weighted by Crippen LogP contribution is 2.42. The van der Waals surface area contributed by atoms with Crippen LogP contribution in [0, 0.1) is 5.82 Å². The molecule has 1 aromatic heterocycles. The third kappa shape index (κ3) is 3.55. The Morgan fingerprint density at radius 1 is 1.00 bits per heavy atom. The summed E-state index contributed by atoms with van der Waals surface area (Å²) in [5, 5.41) is 1.07. The van der Waals surface area contributed by atoms with Gasteiger partial charge in [-0.2, -0.15) is 0 Å². The number of para-hydroxylation sites is 1. The van der Waals surface area contributed by atoms with E-state index in [1.165, 1.54) is 12.1 Å². The average Bonchev–Trinajstić information content (AvgIpc) is 3.26. The molecule has 4 aromatic rings. The smallest absolute Gasteiger partial charge is 0.246 e. The maximum Gasteiger partial charge on any atom is 0.246 e. The summed E-state index contributed by atoms with van der Waals surface area (Å²) in [7, 11) is 1.62. The molecule has 0 radical (unpaired) electrons. The molecule has 2 atom stereocenters. The van der Waals surface area contributed by atoms with Crippen molar-refractivity contribution in [2.75, 3.05) is 13.7 Å². The number of carbonyl (C=O) groups excluding carboxylic acids is 2. The van der Waals surface area contributed by atoms with Crippen LogP contribution >= 0.6 is 0 Å². The normalized spacial score (nSPS) is 19.6. The van der Waals surface area contributed by atoms with Crippen LogP contribution in [0.1, 0.15) is 28.4 Å². The Bertz CT molecular complexity index is 1430. The molecule has 1 saturated heterocycles. The van der Waals surface area contributed by atoms with E-state index in [4.69, 9.17) is 4.74 Å². The molecule has 0 bridgehead atoms. The second-order valence-corrected chi connectivity index (χ2v) is 9.08. The van der Waals surface area contributed by atoms with Crippen LogP contribution in [-0.4, -0.2) is 46.3 Å². The van der Waals surface area contributed by atoms with E-state index in [0.717, 1.165) is 39.0 Å². The number of nitrogens with one attached hydrogen (secondary N) is 1. The van der Waals surface area contributed by atoms with Gasteiger partial charge in [-0.3, -0.25) is 9.59 Å². The largest absolute Gasteiger partial charge is 0.497 e. The molecule has 1 fully saturated rings. The van der Waals surface area contributed by atoms with E-state index in [-0.39, 0.29) is 30.7 Å². The summed E-state index contributed by atoms with van der Waals surface area (Å²) in [5.41, 5.74) is 4.69. The summed E-state index contributed by atoms with van der Waals surface area (Å²) >= 11 is 0. The van der Waals surface area contributed by atoms with Crippen LogP contribution in [-0.2, 0) is 22.6 Å². The Morgan fingerprint density at radius 3 is 2.49 bits per heavy atom. The molecule has 1 N–H and O–H groups in total. The number of aromatic amines is 1. The first-order valence-electron chi connectivity index (χ1n) is 11.6. The van der Waals surface area contributed by atoms with Crippen molar-refractivity contribution < 1.29 is 18.7 Å². The van der Waals surface area contributed by atoms with Gasteiger partial charge >= 0.3 is 0 Å². The van der Waals surface area contributed by atoms with Crippen LogP contribution < -0.4 is 4.74 Å². The number of aromatic nitrogens is 1. The van der Waals surface area contributed by atoms with Gasteiger partial charge in [-0.1, -0.05) is 42.5 Å². The lowest BCUT2D eigenvalue weighted by Gasteiger charge is -2.47. The molecular formula is C28H24FN3O3. The molecule has 3 heterocycles. The lowest BCUT2D eigenvalue weighted by Crippen LogP contribution is -2.62. The number of benzene rings is 3. The fraction of sp³-hybridized carbons (Fsp3) is 0.214. The molecule has 2 unspecified atom stereocenters. The molecule has 2 amide bonds. The lowest BCUT2D eigenvalue weighted by atomic mass is 9.86. The Kier molecular flexibility index (Phi) is 5.06. The Balaban J connectivity index is 1.43. The minimum absolute atomic E-state index is 0.0189. The zero-order chi connectivity index (χ0) is 24.1. The molecule has 6 rings (SSSR count). The Morgan fingerprint density at radius 2 is 1.74 bits per heavy atom. The van der Waals surface area contributed by atoms with Crippen LogP contribution in [0.5, 0.6) is 5.75 Å². The number of nitrogens with zero attached hydrogens (tertiary/aromatic N) is 2. The minimum atomic E-state index is -0.615. The van der Waals surface area contributed by atoms with Gasteiger partial charge in [0.1, 0.15) is 24.2 Å². The summed E-state index contributed by atoms with van der Waals surface area (Å²) in [4.78, 5) is 34.2. The van der Waals surface area contributed by atoms with Crippen molar-refractivity contribution in [1.29, 1.82) is 0 Å². The highest BCUT2D eigenvalue weighted by Gasteiger charge is 2.48. The number of fused-ring (bicyclic) bond motifs is 4. The van der Waals surface area contributed by atoms with E-state index in [1.54, 1.807) is 29.0 Å². The molecule has 35 heavy (non-hydrogen) atoms. The second kappa shape index (κ2) is 8.27. The van der Waals surface area contributed by atoms with Gasteiger partial charge in [0.15, 0.2) is 0 Å². The van der Waals surface area contributed by atoms with Crippen molar-refractivity contribution in [3.63, 3.8) is 0 Å². The minimum Gasteiger partial charge on any atom is -0.497 e. The predicted octanol–water partition coefficient (Wildman–Crippen LogP) is 4.20. The third-order valence-corrected chi connectivity index (χ3v) is 7.06. The van der Waals surface area contributed by atoms with E-state index in [1.807, 2.05) is 42.5 Å². The number of halogens is 1. The molecule has 2 aliphatic rings. The van der Waals surface area contributed by atoms with Gasteiger partial charge in [0.05, 0.1) is 13.2 Å². The molecule has 2 aliphatic heterocycles. The molecular weight excluding hydrogens is 445 g/mol. The number of H-pyrrole nitrogens is 1. The number of methoxy groups -OCH3 is 1. The van der Waals surface area contributed by atoms with Gasteiger partial charge < -0.3 is 19.5 Å². The fourth-order valence-electron chi connectivity index (χ4n) is 5.40. The molecule has 3 aromatic carbocycles. The maximum atomic E-state index is 13.7. The van der Waals surface area contributed by atoms with E-state index < -0.39 is 12.1 Å². The van der Waals surface area contributed by atoms with E-state index >= 15 is 0 Å². The van der Waals surface area contributed by atoms with Gasteiger partial charge in [0.2, 0.25) is 11.8 Å². The zero-order valence-electron chi connectivity index (χ0n) is 19.2. The standard InChI is InChI=1S/C28H24FN3O3/c1-35-20-12-8-18(9-13-20)27-26-22(21-4-2-3-5-23(21)30-26)14-24-28(34)31(16-25(33)32(24)27)15-17-6-10-19(29)11-7-17/h2-13,24,27,30H,14-16H2,1H3. The van der Waals surface area contributed by atoms with Gasteiger partial charge in [-0.25, -0.2) is 4.39 Å². The van der Waals surface area contributed by atoms with Crippen molar-refractivity contribution >= 4 is 22.7 Å². The Hall–Kier alpha value is -4.13. The van der Waals surface area contributed by atoms with Crippen LogP contribution in [0.3, 0.4) is 0 Å². The van der Waals surface area contributed by atoms with E-state index in [0.29, 0.717) is 6.42 Å². The fourth-order valence-corrected chi connectivity index (χ4v) is 5.40. The first kappa shape index (κ1) is 21.4. The predicted molar refractivity (Wildman–Crippen MR) is 129 cm³/mol. The zero-order valence-corrected chi connectivity index (χ0v) is 19.2. The summed E-state index contributed by atoms with van der Waals surface area (Å²) in [6, 6.07) is 20.7. The third-order valence-electron chi connectivity index (χ3n) is 7.06. The van der Waals surface area contributed by atoms with Crippen molar-refractivity contribution in [1.82, 2.24) is 14.8 Å². The number of piperazine rings is 1. The number of carbonyl (C=O) groups is 2. The van der Waals surface area contributed by atoms with Crippen molar-refractivity contribution in [3.8, 4) is 5.75 Å². The van der Waals surface area contributed by atoms with Crippen molar-refractivity contribution in [2.45, 2.75) is 25.0 Å². The van der Waals surface area contributed by atoms with Gasteiger partial charge in [0.25, 0.3) is 0 Å². The van der Waals surface area contributed by atoms with Crippen LogP contribution in [0.2, 0.25) is 0 Å². The van der Waals surface area contributed by atoms with Crippen molar-refractivity contribution in [3.05, 3.63) is 101 Å². The first-order valence-corrected chi connectivity index (χ1v) is 11.6. The number of hydrogen-bond acceptors (Lipinski definition) is 3. The molecule has 0 aliphatic carbocycles. The second-order valence-electron chi connectivity index (χ2n) is 9.08. The van der Waals surface area contributed by atoms with Gasteiger partial charge in [-0.05, 0) is 47.0 Å². The summed E-state index contributed by atoms with van der Waals surface area (Å²) in [6.45, 7) is 0.248. The average molecular weight is 470 g/mol. The number of hydrogen-bond donors (Lipinski definition) is 1. The van der Waals surface area contributed by atoms with E-state index in [2.05, 4.69) is 11.1 Å². The highest BCUT2D eigenvalue weighted by atomic mass is 19.1. The van der Waals surface area contributed by atoms with Gasteiger partial charge in [-0.15, -0.1) is 0 Å². The quantitative estimate of drug-likeness (QED) is 0.487. The molecule has 176 valence electrons. The first-order chi connectivity index (χ1) is 17.0. The molecule has 0 spiro atoms. The summed E-state index contributed by atoms with van der Waals surface area (Å²) in [6.07, 6.45) is 0.441. The SMILES string of the molecule is COc1ccc(C2c3[nH]c4ccccc4c3CC3C(=O)N(Cc4ccc(F)cc4)CC(=O)N32)cc1. The van der Waals surface area contributed by atoms with Crippen molar-refractivity contribution in [2.24, 2.45) is 0 Å². The molecule has 6 nitrogen and oxygen atoms in total. The topological polar surface area (TPSA) is 65.6 Å². The molecule has 7 heteroatoms. The lowest BCUT2D eigenvalue weighted by molar-refractivity contribution is -0.159. The van der Waals surface area contributed by atoms with Gasteiger partial charge in [0, 0.05) is 29.6 Å². The molecule has 0 saturated carbocycles. The van der Waals surface area contributed by atoms with E-state index in [9.17, 15) is 14.0 Å².